The van der Waals surface area contributed by atoms with Crippen LogP contribution in [-0.2, 0) is 4.74 Å². The van der Waals surface area contributed by atoms with E-state index in [9.17, 15) is 0 Å². The van der Waals surface area contributed by atoms with Gasteiger partial charge < -0.3 is 10.5 Å². The standard InChI is InChI=1S/C11H24N2OS/c1-10-9-14-6-5-13(10)11(8-12)4-3-7-15-2/h10-11H,3-9,12H2,1-2H3. The Morgan fingerprint density at radius 2 is 2.40 bits per heavy atom. The van der Waals surface area contributed by atoms with E-state index in [-0.39, 0.29) is 0 Å². The lowest BCUT2D eigenvalue weighted by atomic mass is 10.1. The minimum atomic E-state index is 0.529. The average Bonchev–Trinajstić information content (AvgIpc) is 2.26. The Labute approximate surface area is 97.7 Å². The summed E-state index contributed by atoms with van der Waals surface area (Å²) in [5, 5.41) is 0. The number of nitrogens with two attached hydrogens (primary N) is 1. The van der Waals surface area contributed by atoms with Crippen LogP contribution >= 0.6 is 11.8 Å². The van der Waals surface area contributed by atoms with E-state index in [0.717, 1.165) is 26.3 Å². The highest BCUT2D eigenvalue weighted by Crippen LogP contribution is 2.15. The largest absolute Gasteiger partial charge is 0.379 e. The zero-order chi connectivity index (χ0) is 11.1. The Morgan fingerprint density at radius 3 is 3.00 bits per heavy atom. The molecular formula is C11H24N2OS. The molecule has 0 aliphatic carbocycles. The van der Waals surface area contributed by atoms with Crippen LogP contribution in [0.5, 0.6) is 0 Å². The SMILES string of the molecule is CSCCCC(CN)N1CCOCC1C. The second kappa shape index (κ2) is 7.49. The predicted molar refractivity (Wildman–Crippen MR) is 67.4 cm³/mol. The molecule has 4 heteroatoms. The fourth-order valence-electron chi connectivity index (χ4n) is 2.16. The van der Waals surface area contributed by atoms with Crippen LogP contribution in [0.2, 0.25) is 0 Å². The van der Waals surface area contributed by atoms with E-state index in [1.807, 2.05) is 11.8 Å². The topological polar surface area (TPSA) is 38.5 Å². The number of hydrogen-bond acceptors (Lipinski definition) is 4. The number of nitrogens with zero attached hydrogens (tertiary/aromatic N) is 1. The number of rotatable bonds is 6. The molecule has 0 bridgehead atoms. The highest BCUT2D eigenvalue weighted by Gasteiger charge is 2.24. The van der Waals surface area contributed by atoms with Gasteiger partial charge in [-0.05, 0) is 31.8 Å². The third-order valence-corrected chi connectivity index (χ3v) is 3.74. The number of thioether (sulfide) groups is 1. The van der Waals surface area contributed by atoms with E-state index < -0.39 is 0 Å². The third-order valence-electron chi connectivity index (χ3n) is 3.05. The molecule has 0 spiro atoms. The summed E-state index contributed by atoms with van der Waals surface area (Å²) < 4.78 is 5.45. The zero-order valence-electron chi connectivity index (χ0n) is 9.95. The number of ether oxygens (including phenoxy) is 1. The molecule has 3 nitrogen and oxygen atoms in total. The second-order valence-corrected chi connectivity index (χ2v) is 5.17. The first kappa shape index (κ1) is 13.3. The molecule has 1 fully saturated rings. The molecule has 0 aromatic rings. The van der Waals surface area contributed by atoms with E-state index in [0.29, 0.717) is 12.1 Å². The summed E-state index contributed by atoms with van der Waals surface area (Å²) in [7, 11) is 0. The molecule has 1 aliphatic heterocycles. The highest BCUT2D eigenvalue weighted by molar-refractivity contribution is 7.98. The van der Waals surface area contributed by atoms with Gasteiger partial charge in [-0.25, -0.2) is 0 Å². The lowest BCUT2D eigenvalue weighted by molar-refractivity contribution is -0.0218. The van der Waals surface area contributed by atoms with E-state index >= 15 is 0 Å². The summed E-state index contributed by atoms with van der Waals surface area (Å²) in [5.74, 6) is 1.25. The first-order chi connectivity index (χ1) is 7.29. The Kier molecular flexibility index (Phi) is 6.64. The fourth-order valence-corrected chi connectivity index (χ4v) is 2.62. The molecule has 2 atom stereocenters. The van der Waals surface area contributed by atoms with E-state index in [2.05, 4.69) is 18.1 Å². The van der Waals surface area contributed by atoms with Crippen LogP contribution in [0.15, 0.2) is 0 Å². The van der Waals surface area contributed by atoms with E-state index in [1.54, 1.807) is 0 Å². The van der Waals surface area contributed by atoms with Gasteiger partial charge >= 0.3 is 0 Å². The van der Waals surface area contributed by atoms with Gasteiger partial charge in [0.2, 0.25) is 0 Å². The van der Waals surface area contributed by atoms with Crippen molar-refractivity contribution in [2.45, 2.75) is 31.8 Å². The zero-order valence-corrected chi connectivity index (χ0v) is 10.8. The van der Waals surface area contributed by atoms with Crippen LogP contribution < -0.4 is 5.73 Å². The van der Waals surface area contributed by atoms with Gasteiger partial charge in [0.25, 0.3) is 0 Å². The van der Waals surface area contributed by atoms with E-state index in [1.165, 1.54) is 18.6 Å². The lowest BCUT2D eigenvalue weighted by Crippen LogP contribution is -2.51. The molecule has 2 unspecified atom stereocenters. The maximum absolute atomic E-state index is 5.86. The third kappa shape index (κ3) is 4.31. The molecule has 2 N–H and O–H groups in total. The van der Waals surface area contributed by atoms with Gasteiger partial charge in [0.1, 0.15) is 0 Å². The summed E-state index contributed by atoms with van der Waals surface area (Å²) in [6.45, 7) is 5.78. The summed E-state index contributed by atoms with van der Waals surface area (Å²) >= 11 is 1.92. The molecule has 1 rings (SSSR count). The van der Waals surface area contributed by atoms with Crippen molar-refractivity contribution in [3.8, 4) is 0 Å². The van der Waals surface area contributed by atoms with Gasteiger partial charge in [-0.3, -0.25) is 4.90 Å². The predicted octanol–water partition coefficient (Wildman–Crippen LogP) is 1.18. The molecule has 0 aromatic heterocycles. The summed E-state index contributed by atoms with van der Waals surface area (Å²) in [5.41, 5.74) is 5.86. The van der Waals surface area contributed by atoms with Crippen LogP contribution in [0.4, 0.5) is 0 Å². The van der Waals surface area contributed by atoms with Gasteiger partial charge in [0.05, 0.1) is 13.2 Å². The van der Waals surface area contributed by atoms with Crippen molar-refractivity contribution in [2.75, 3.05) is 38.3 Å². The molecule has 0 aromatic carbocycles. The van der Waals surface area contributed by atoms with Crippen molar-refractivity contribution >= 4 is 11.8 Å². The van der Waals surface area contributed by atoms with Crippen molar-refractivity contribution in [3.63, 3.8) is 0 Å². The van der Waals surface area contributed by atoms with Crippen LogP contribution in [0, 0.1) is 0 Å². The molecule has 0 amide bonds. The van der Waals surface area contributed by atoms with E-state index in [4.69, 9.17) is 10.5 Å². The van der Waals surface area contributed by atoms with Crippen LogP contribution in [0.25, 0.3) is 0 Å². The van der Waals surface area contributed by atoms with Gasteiger partial charge in [-0.15, -0.1) is 0 Å². The average molecular weight is 232 g/mol. The molecule has 15 heavy (non-hydrogen) atoms. The minimum Gasteiger partial charge on any atom is -0.379 e. The van der Waals surface area contributed by atoms with Crippen LogP contribution in [0.3, 0.4) is 0 Å². The van der Waals surface area contributed by atoms with Gasteiger partial charge in [-0.1, -0.05) is 0 Å². The van der Waals surface area contributed by atoms with Crippen molar-refractivity contribution < 1.29 is 4.74 Å². The monoisotopic (exact) mass is 232 g/mol. The quantitative estimate of drug-likeness (QED) is 0.698. The first-order valence-electron chi connectivity index (χ1n) is 5.82. The van der Waals surface area contributed by atoms with Crippen molar-refractivity contribution in [3.05, 3.63) is 0 Å². The van der Waals surface area contributed by atoms with Crippen molar-refractivity contribution in [2.24, 2.45) is 5.73 Å². The smallest absolute Gasteiger partial charge is 0.0619 e. The van der Waals surface area contributed by atoms with Crippen molar-refractivity contribution in [1.29, 1.82) is 0 Å². The molecule has 90 valence electrons. The van der Waals surface area contributed by atoms with Crippen LogP contribution in [0.1, 0.15) is 19.8 Å². The lowest BCUT2D eigenvalue weighted by Gasteiger charge is -2.39. The Morgan fingerprint density at radius 1 is 1.60 bits per heavy atom. The molecular weight excluding hydrogens is 208 g/mol. The van der Waals surface area contributed by atoms with Crippen LogP contribution in [-0.4, -0.2) is 55.3 Å². The maximum Gasteiger partial charge on any atom is 0.0619 e. The highest BCUT2D eigenvalue weighted by atomic mass is 32.2. The Hall–Kier alpha value is 0.230. The second-order valence-electron chi connectivity index (χ2n) is 4.19. The maximum atomic E-state index is 5.86. The van der Waals surface area contributed by atoms with Gasteiger partial charge in [0.15, 0.2) is 0 Å². The van der Waals surface area contributed by atoms with Gasteiger partial charge in [0, 0.05) is 25.2 Å². The summed E-state index contributed by atoms with van der Waals surface area (Å²) in [6.07, 6.45) is 4.66. The Balaban J connectivity index is 2.34. The molecule has 1 saturated heterocycles. The normalized spacial score (nSPS) is 25.4. The van der Waals surface area contributed by atoms with Gasteiger partial charge in [-0.2, -0.15) is 11.8 Å². The van der Waals surface area contributed by atoms with Crippen molar-refractivity contribution in [1.82, 2.24) is 4.90 Å². The minimum absolute atomic E-state index is 0.529. The molecule has 1 aliphatic rings. The molecule has 0 saturated carbocycles. The first-order valence-corrected chi connectivity index (χ1v) is 7.21. The number of morpholine rings is 1. The fraction of sp³-hybridized carbons (Fsp3) is 1.00. The molecule has 0 radical (unpaired) electrons. The molecule has 1 heterocycles. The summed E-state index contributed by atoms with van der Waals surface area (Å²) in [6, 6.07) is 1.08. The number of hydrogen-bond donors (Lipinski definition) is 1. The summed E-state index contributed by atoms with van der Waals surface area (Å²) in [4.78, 5) is 2.52. The Bertz CT molecular complexity index is 169.